The third kappa shape index (κ3) is 3.80. The monoisotopic (exact) mass is 357 g/mol. The molecule has 0 fully saturated rings. The number of hydrogen-bond acceptors (Lipinski definition) is 4. The van der Waals surface area contributed by atoms with Gasteiger partial charge in [-0.2, -0.15) is 0 Å². The van der Waals surface area contributed by atoms with Crippen molar-refractivity contribution in [1.82, 2.24) is 5.32 Å². The number of carbonyl (C=O) groups is 1. The van der Waals surface area contributed by atoms with Crippen molar-refractivity contribution in [2.45, 2.75) is 6.54 Å². The number of aromatic hydroxyl groups is 1. The lowest BCUT2D eigenvalue weighted by Crippen LogP contribution is -2.21. The van der Waals surface area contributed by atoms with E-state index in [1.54, 1.807) is 42.5 Å². The van der Waals surface area contributed by atoms with E-state index in [0.29, 0.717) is 27.6 Å². The summed E-state index contributed by atoms with van der Waals surface area (Å²) in [5.41, 5.74) is 1.28. The van der Waals surface area contributed by atoms with Crippen LogP contribution in [0.1, 0.15) is 15.2 Å². The molecule has 0 aliphatic rings. The molecule has 2 aromatic carbocycles. The number of thiophene rings is 1. The molecule has 0 saturated heterocycles. The van der Waals surface area contributed by atoms with Crippen molar-refractivity contribution >= 4 is 17.2 Å². The highest BCUT2D eigenvalue weighted by Crippen LogP contribution is 2.30. The number of phenolic OH excluding ortho intramolecular Hbond substituents is 1. The predicted molar refractivity (Wildman–Crippen MR) is 95.5 cm³/mol. The molecule has 0 radical (unpaired) electrons. The number of benzene rings is 2. The molecular formula is C19H16FNO3S. The second-order valence-corrected chi connectivity index (χ2v) is 6.42. The van der Waals surface area contributed by atoms with Crippen LogP contribution in [0.15, 0.2) is 54.6 Å². The molecule has 2 N–H and O–H groups in total. The molecule has 0 aliphatic carbocycles. The van der Waals surface area contributed by atoms with Crippen molar-refractivity contribution in [2.75, 3.05) is 7.11 Å². The minimum absolute atomic E-state index is 0.0466. The largest absolute Gasteiger partial charge is 0.504 e. The highest BCUT2D eigenvalue weighted by molar-refractivity contribution is 7.17. The van der Waals surface area contributed by atoms with E-state index >= 15 is 0 Å². The molecule has 0 saturated carbocycles. The van der Waals surface area contributed by atoms with Gasteiger partial charge in [0.05, 0.1) is 12.0 Å². The first-order valence-electron chi connectivity index (χ1n) is 7.57. The van der Waals surface area contributed by atoms with Gasteiger partial charge in [0.25, 0.3) is 5.91 Å². The van der Waals surface area contributed by atoms with Gasteiger partial charge in [-0.1, -0.05) is 24.3 Å². The van der Waals surface area contributed by atoms with Gasteiger partial charge in [-0.05, 0) is 35.9 Å². The summed E-state index contributed by atoms with van der Waals surface area (Å²) in [7, 11) is 1.47. The Balaban J connectivity index is 1.69. The van der Waals surface area contributed by atoms with E-state index in [4.69, 9.17) is 4.74 Å². The Labute approximate surface area is 148 Å². The Hall–Kier alpha value is -2.86. The highest BCUT2D eigenvalue weighted by atomic mass is 32.1. The number of phenols is 1. The van der Waals surface area contributed by atoms with E-state index in [2.05, 4.69) is 5.32 Å². The quantitative estimate of drug-likeness (QED) is 0.719. The number of amides is 1. The summed E-state index contributed by atoms with van der Waals surface area (Å²) >= 11 is 1.24. The van der Waals surface area contributed by atoms with Crippen LogP contribution in [0.25, 0.3) is 10.4 Å². The molecule has 3 rings (SSSR count). The van der Waals surface area contributed by atoms with Crippen LogP contribution in [0.2, 0.25) is 0 Å². The summed E-state index contributed by atoms with van der Waals surface area (Å²) in [5, 5.41) is 12.4. The van der Waals surface area contributed by atoms with E-state index in [0.717, 1.165) is 5.56 Å². The summed E-state index contributed by atoms with van der Waals surface area (Å²) in [6, 6.07) is 14.8. The number of carbonyl (C=O) groups excluding carboxylic acids is 1. The number of hydrogen-bond donors (Lipinski definition) is 2. The fourth-order valence-corrected chi connectivity index (χ4v) is 3.32. The van der Waals surface area contributed by atoms with Gasteiger partial charge in [0, 0.05) is 17.0 Å². The highest BCUT2D eigenvalue weighted by Gasteiger charge is 2.12. The molecule has 1 aromatic heterocycles. The number of methoxy groups -OCH3 is 1. The van der Waals surface area contributed by atoms with Gasteiger partial charge in [-0.3, -0.25) is 4.79 Å². The van der Waals surface area contributed by atoms with Crippen LogP contribution in [0, 0.1) is 5.82 Å². The molecule has 3 aromatic rings. The second kappa shape index (κ2) is 7.36. The molecular weight excluding hydrogens is 341 g/mol. The van der Waals surface area contributed by atoms with E-state index in [-0.39, 0.29) is 17.5 Å². The van der Waals surface area contributed by atoms with Crippen LogP contribution in [-0.4, -0.2) is 18.1 Å². The van der Waals surface area contributed by atoms with Crippen LogP contribution in [-0.2, 0) is 6.54 Å². The van der Waals surface area contributed by atoms with Crippen molar-refractivity contribution in [3.63, 3.8) is 0 Å². The Morgan fingerprint density at radius 1 is 1.20 bits per heavy atom. The minimum atomic E-state index is -0.313. The smallest absolute Gasteiger partial charge is 0.261 e. The average Bonchev–Trinajstić information content (AvgIpc) is 3.11. The van der Waals surface area contributed by atoms with Crippen LogP contribution in [0.5, 0.6) is 11.5 Å². The average molecular weight is 357 g/mol. The summed E-state index contributed by atoms with van der Waals surface area (Å²) in [5.74, 6) is -0.151. The molecule has 25 heavy (non-hydrogen) atoms. The Bertz CT molecular complexity index is 907. The van der Waals surface area contributed by atoms with Crippen molar-refractivity contribution in [1.29, 1.82) is 0 Å². The zero-order chi connectivity index (χ0) is 17.8. The second-order valence-electron chi connectivity index (χ2n) is 5.33. The Morgan fingerprint density at radius 2 is 2.00 bits per heavy atom. The van der Waals surface area contributed by atoms with Crippen LogP contribution >= 0.6 is 11.3 Å². The number of ether oxygens (including phenoxy) is 1. The number of nitrogens with one attached hydrogen (secondary N) is 1. The van der Waals surface area contributed by atoms with Crippen molar-refractivity contribution in [3.8, 4) is 21.9 Å². The zero-order valence-corrected chi connectivity index (χ0v) is 14.3. The fourth-order valence-electron chi connectivity index (χ4n) is 2.37. The molecule has 128 valence electrons. The van der Waals surface area contributed by atoms with Crippen LogP contribution < -0.4 is 10.1 Å². The third-order valence-electron chi connectivity index (χ3n) is 3.67. The molecule has 0 unspecified atom stereocenters. The predicted octanol–water partition coefficient (Wildman–Crippen LogP) is 4.20. The van der Waals surface area contributed by atoms with Gasteiger partial charge in [0.1, 0.15) is 5.82 Å². The van der Waals surface area contributed by atoms with Gasteiger partial charge >= 0.3 is 0 Å². The van der Waals surface area contributed by atoms with E-state index in [1.165, 1.54) is 30.6 Å². The van der Waals surface area contributed by atoms with E-state index < -0.39 is 0 Å². The number of halogens is 1. The topological polar surface area (TPSA) is 58.6 Å². The van der Waals surface area contributed by atoms with E-state index in [1.807, 2.05) is 0 Å². The molecule has 4 nitrogen and oxygen atoms in total. The normalized spacial score (nSPS) is 10.5. The summed E-state index contributed by atoms with van der Waals surface area (Å²) in [4.78, 5) is 13.5. The Morgan fingerprint density at radius 3 is 2.76 bits per heavy atom. The molecule has 0 atom stereocenters. The molecule has 6 heteroatoms. The van der Waals surface area contributed by atoms with Crippen LogP contribution in [0.4, 0.5) is 4.39 Å². The van der Waals surface area contributed by atoms with Crippen LogP contribution in [0.3, 0.4) is 0 Å². The fraction of sp³-hybridized carbons (Fsp3) is 0.105. The summed E-state index contributed by atoms with van der Waals surface area (Å²) in [6.07, 6.45) is 0. The van der Waals surface area contributed by atoms with E-state index in [9.17, 15) is 14.3 Å². The summed E-state index contributed by atoms with van der Waals surface area (Å²) in [6.45, 7) is 0.294. The zero-order valence-electron chi connectivity index (χ0n) is 13.5. The first-order valence-corrected chi connectivity index (χ1v) is 8.39. The molecule has 1 heterocycles. The van der Waals surface area contributed by atoms with Gasteiger partial charge in [-0.25, -0.2) is 4.39 Å². The lowest BCUT2D eigenvalue weighted by atomic mass is 10.2. The lowest BCUT2D eigenvalue weighted by molar-refractivity contribution is 0.0955. The molecule has 0 spiro atoms. The van der Waals surface area contributed by atoms with Crippen molar-refractivity contribution < 1.29 is 19.0 Å². The SMILES string of the molecule is COc1cc(CNC(=O)c2ccc(-c3ccccc3F)s2)ccc1O. The summed E-state index contributed by atoms with van der Waals surface area (Å²) < 4.78 is 18.9. The van der Waals surface area contributed by atoms with Gasteiger partial charge in [-0.15, -0.1) is 11.3 Å². The Kier molecular flexibility index (Phi) is 5.00. The number of rotatable bonds is 5. The van der Waals surface area contributed by atoms with Crippen molar-refractivity contribution in [3.05, 3.63) is 70.9 Å². The van der Waals surface area contributed by atoms with Crippen molar-refractivity contribution in [2.24, 2.45) is 0 Å². The van der Waals surface area contributed by atoms with Gasteiger partial charge < -0.3 is 15.2 Å². The molecule has 0 aliphatic heterocycles. The maximum atomic E-state index is 13.8. The standard InChI is InChI=1S/C19H16FNO3S/c1-24-16-10-12(6-7-15(16)22)11-21-19(23)18-9-8-17(25-18)13-4-2-3-5-14(13)20/h2-10,22H,11H2,1H3,(H,21,23). The maximum absolute atomic E-state index is 13.8. The van der Waals surface area contributed by atoms with Gasteiger partial charge in [0.2, 0.25) is 0 Å². The first-order chi connectivity index (χ1) is 12.1. The first kappa shape index (κ1) is 17.0. The lowest BCUT2D eigenvalue weighted by Gasteiger charge is -2.07. The van der Waals surface area contributed by atoms with Gasteiger partial charge in [0.15, 0.2) is 11.5 Å². The molecule has 0 bridgehead atoms. The minimum Gasteiger partial charge on any atom is -0.504 e. The third-order valence-corrected chi connectivity index (χ3v) is 4.78. The maximum Gasteiger partial charge on any atom is 0.261 e. The molecule has 1 amide bonds.